The van der Waals surface area contributed by atoms with Crippen LogP contribution in [0.1, 0.15) is 11.1 Å². The molecule has 2 aromatic carbocycles. The third-order valence-corrected chi connectivity index (χ3v) is 3.87. The fraction of sp³-hybridized carbons (Fsp3) is 0.316. The van der Waals surface area contributed by atoms with Crippen molar-refractivity contribution in [2.24, 2.45) is 0 Å². The SMILES string of the molecule is O=C1OC(COCc2ccccc2)C(OCc2ccccc2)C1O. The van der Waals surface area contributed by atoms with Crippen LogP contribution in [0.4, 0.5) is 0 Å². The monoisotopic (exact) mass is 328 g/mol. The van der Waals surface area contributed by atoms with Crippen molar-refractivity contribution in [3.05, 3.63) is 71.8 Å². The molecule has 0 amide bonds. The smallest absolute Gasteiger partial charge is 0.338 e. The zero-order valence-corrected chi connectivity index (χ0v) is 13.2. The topological polar surface area (TPSA) is 65.0 Å². The molecule has 0 spiro atoms. The number of cyclic esters (lactones) is 1. The number of ether oxygens (including phenoxy) is 3. The van der Waals surface area contributed by atoms with Crippen molar-refractivity contribution < 1.29 is 24.1 Å². The number of aliphatic hydroxyl groups is 1. The summed E-state index contributed by atoms with van der Waals surface area (Å²) in [5, 5.41) is 9.97. The molecule has 5 heteroatoms. The number of hydrogen-bond donors (Lipinski definition) is 1. The van der Waals surface area contributed by atoms with E-state index in [1.807, 2.05) is 60.7 Å². The van der Waals surface area contributed by atoms with Crippen molar-refractivity contribution in [3.63, 3.8) is 0 Å². The Hall–Kier alpha value is -2.21. The summed E-state index contributed by atoms with van der Waals surface area (Å²) in [4.78, 5) is 11.6. The molecule has 1 heterocycles. The molecule has 0 aromatic heterocycles. The number of aliphatic hydroxyl groups excluding tert-OH is 1. The van der Waals surface area contributed by atoms with E-state index in [9.17, 15) is 9.90 Å². The Labute approximate surface area is 140 Å². The number of rotatable bonds is 7. The van der Waals surface area contributed by atoms with Gasteiger partial charge in [-0.25, -0.2) is 4.79 Å². The molecule has 3 atom stereocenters. The third kappa shape index (κ3) is 4.20. The van der Waals surface area contributed by atoms with Gasteiger partial charge in [-0.1, -0.05) is 60.7 Å². The molecule has 0 radical (unpaired) electrons. The summed E-state index contributed by atoms with van der Waals surface area (Å²) in [6.07, 6.45) is -2.62. The number of hydrogen-bond acceptors (Lipinski definition) is 5. The van der Waals surface area contributed by atoms with E-state index in [1.165, 1.54) is 0 Å². The second kappa shape index (κ2) is 8.06. The Morgan fingerprint density at radius 3 is 2.12 bits per heavy atom. The lowest BCUT2D eigenvalue weighted by Crippen LogP contribution is -2.36. The van der Waals surface area contributed by atoms with Crippen molar-refractivity contribution >= 4 is 5.97 Å². The fourth-order valence-electron chi connectivity index (χ4n) is 2.58. The quantitative estimate of drug-likeness (QED) is 0.788. The van der Waals surface area contributed by atoms with Crippen LogP contribution in [-0.2, 0) is 32.2 Å². The van der Waals surface area contributed by atoms with Gasteiger partial charge in [0.1, 0.15) is 6.10 Å². The summed E-state index contributed by atoms with van der Waals surface area (Å²) in [7, 11) is 0. The summed E-state index contributed by atoms with van der Waals surface area (Å²) in [6, 6.07) is 19.3. The minimum Gasteiger partial charge on any atom is -0.455 e. The highest BCUT2D eigenvalue weighted by atomic mass is 16.6. The van der Waals surface area contributed by atoms with Gasteiger partial charge in [0.05, 0.1) is 19.8 Å². The predicted octanol–water partition coefficient (Wildman–Crippen LogP) is 2.07. The van der Waals surface area contributed by atoms with Crippen LogP contribution in [0.5, 0.6) is 0 Å². The maximum atomic E-state index is 11.6. The van der Waals surface area contributed by atoms with E-state index in [-0.39, 0.29) is 6.61 Å². The Kier molecular flexibility index (Phi) is 5.59. The summed E-state index contributed by atoms with van der Waals surface area (Å²) < 4.78 is 16.5. The van der Waals surface area contributed by atoms with Gasteiger partial charge >= 0.3 is 5.97 Å². The lowest BCUT2D eigenvalue weighted by Gasteiger charge is -2.19. The van der Waals surface area contributed by atoms with Crippen LogP contribution in [0.3, 0.4) is 0 Å². The molecule has 1 fully saturated rings. The normalized spacial score (nSPS) is 23.2. The van der Waals surface area contributed by atoms with Gasteiger partial charge in [0.25, 0.3) is 0 Å². The van der Waals surface area contributed by atoms with Gasteiger partial charge in [0, 0.05) is 0 Å². The molecule has 3 unspecified atom stereocenters. The van der Waals surface area contributed by atoms with Gasteiger partial charge in [0.2, 0.25) is 0 Å². The van der Waals surface area contributed by atoms with Crippen molar-refractivity contribution in [2.45, 2.75) is 31.5 Å². The Balaban J connectivity index is 1.53. The largest absolute Gasteiger partial charge is 0.455 e. The van der Waals surface area contributed by atoms with Crippen molar-refractivity contribution in [3.8, 4) is 0 Å². The van der Waals surface area contributed by atoms with E-state index in [4.69, 9.17) is 14.2 Å². The van der Waals surface area contributed by atoms with Crippen LogP contribution in [0.15, 0.2) is 60.7 Å². The highest BCUT2D eigenvalue weighted by Gasteiger charge is 2.44. The van der Waals surface area contributed by atoms with Crippen LogP contribution in [0, 0.1) is 0 Å². The molecule has 1 aliphatic heterocycles. The van der Waals surface area contributed by atoms with E-state index in [0.29, 0.717) is 13.2 Å². The number of benzene rings is 2. The highest BCUT2D eigenvalue weighted by Crippen LogP contribution is 2.21. The number of carbonyl (C=O) groups is 1. The maximum Gasteiger partial charge on any atom is 0.338 e. The highest BCUT2D eigenvalue weighted by molar-refractivity contribution is 5.77. The average molecular weight is 328 g/mol. The lowest BCUT2D eigenvalue weighted by molar-refractivity contribution is -0.149. The average Bonchev–Trinajstić information content (AvgIpc) is 2.89. The van der Waals surface area contributed by atoms with Crippen LogP contribution in [0.25, 0.3) is 0 Å². The predicted molar refractivity (Wildman–Crippen MR) is 87.0 cm³/mol. The number of carbonyl (C=O) groups excluding carboxylic acids is 1. The molecule has 2 aromatic rings. The first-order valence-corrected chi connectivity index (χ1v) is 7.90. The Morgan fingerprint density at radius 2 is 1.50 bits per heavy atom. The fourth-order valence-corrected chi connectivity index (χ4v) is 2.58. The first-order chi connectivity index (χ1) is 11.7. The summed E-state index contributed by atoms with van der Waals surface area (Å²) in [5.41, 5.74) is 2.00. The van der Waals surface area contributed by atoms with Gasteiger partial charge in [-0.05, 0) is 11.1 Å². The van der Waals surface area contributed by atoms with Crippen molar-refractivity contribution in [1.82, 2.24) is 0 Å². The van der Waals surface area contributed by atoms with Gasteiger partial charge < -0.3 is 19.3 Å². The minimum atomic E-state index is -1.28. The second-order valence-corrected chi connectivity index (χ2v) is 5.68. The van der Waals surface area contributed by atoms with Gasteiger partial charge in [-0.3, -0.25) is 0 Å². The van der Waals surface area contributed by atoms with E-state index < -0.39 is 24.3 Å². The zero-order valence-electron chi connectivity index (χ0n) is 13.2. The van der Waals surface area contributed by atoms with Crippen LogP contribution < -0.4 is 0 Å². The lowest BCUT2D eigenvalue weighted by atomic mass is 10.1. The van der Waals surface area contributed by atoms with E-state index in [1.54, 1.807) is 0 Å². The molecule has 24 heavy (non-hydrogen) atoms. The third-order valence-electron chi connectivity index (χ3n) is 3.87. The molecule has 1 aliphatic rings. The van der Waals surface area contributed by atoms with Gasteiger partial charge in [-0.2, -0.15) is 0 Å². The van der Waals surface area contributed by atoms with Crippen LogP contribution in [0.2, 0.25) is 0 Å². The van der Waals surface area contributed by atoms with Gasteiger partial charge in [0.15, 0.2) is 12.2 Å². The van der Waals surface area contributed by atoms with Crippen LogP contribution >= 0.6 is 0 Å². The minimum absolute atomic E-state index is 0.178. The second-order valence-electron chi connectivity index (χ2n) is 5.68. The van der Waals surface area contributed by atoms with E-state index in [2.05, 4.69) is 0 Å². The Morgan fingerprint density at radius 1 is 0.917 bits per heavy atom. The van der Waals surface area contributed by atoms with E-state index >= 15 is 0 Å². The molecule has 0 bridgehead atoms. The molecule has 1 N–H and O–H groups in total. The van der Waals surface area contributed by atoms with Crippen LogP contribution in [-0.4, -0.2) is 36.0 Å². The summed E-state index contributed by atoms with van der Waals surface area (Å²) >= 11 is 0. The molecular formula is C19H20O5. The zero-order chi connectivity index (χ0) is 16.8. The molecule has 0 aliphatic carbocycles. The molecule has 126 valence electrons. The molecule has 5 nitrogen and oxygen atoms in total. The summed E-state index contributed by atoms with van der Waals surface area (Å²) in [6.45, 7) is 0.891. The Bertz CT molecular complexity index is 643. The number of esters is 1. The first-order valence-electron chi connectivity index (χ1n) is 7.90. The molecule has 1 saturated heterocycles. The standard InChI is InChI=1S/C19H20O5/c20-17-18(23-12-15-9-5-2-6-10-15)16(24-19(17)21)13-22-11-14-7-3-1-4-8-14/h1-10,16-18,20H,11-13H2. The molecule has 3 rings (SSSR count). The molecule has 0 saturated carbocycles. The molecular weight excluding hydrogens is 308 g/mol. The summed E-state index contributed by atoms with van der Waals surface area (Å²) in [5.74, 6) is -0.665. The van der Waals surface area contributed by atoms with Gasteiger partial charge in [-0.15, -0.1) is 0 Å². The maximum absolute atomic E-state index is 11.6. The van der Waals surface area contributed by atoms with Crippen molar-refractivity contribution in [2.75, 3.05) is 6.61 Å². The first kappa shape index (κ1) is 16.6. The van der Waals surface area contributed by atoms with Crippen molar-refractivity contribution in [1.29, 1.82) is 0 Å². The van der Waals surface area contributed by atoms with E-state index in [0.717, 1.165) is 11.1 Å².